The van der Waals surface area contributed by atoms with E-state index in [1.165, 1.54) is 0 Å². The fourth-order valence-corrected chi connectivity index (χ4v) is 3.39. The SMILES string of the molecule is Cc1c(NS(=O)(=O)CC(C)CCl)cccc1C(N)=O. The summed E-state index contributed by atoms with van der Waals surface area (Å²) in [5.41, 5.74) is 6.38. The molecule has 1 aromatic rings. The molecule has 0 aliphatic carbocycles. The Balaban J connectivity index is 3.00. The third kappa shape index (κ3) is 4.40. The van der Waals surface area contributed by atoms with Crippen LogP contribution in [0.3, 0.4) is 0 Å². The number of alkyl halides is 1. The maximum atomic E-state index is 11.9. The lowest BCUT2D eigenvalue weighted by Crippen LogP contribution is -2.23. The summed E-state index contributed by atoms with van der Waals surface area (Å²) >= 11 is 5.61. The predicted molar refractivity (Wildman–Crippen MR) is 77.0 cm³/mol. The first-order valence-electron chi connectivity index (χ1n) is 5.72. The predicted octanol–water partition coefficient (Wildman–Crippen LogP) is 1.71. The zero-order valence-electron chi connectivity index (χ0n) is 10.8. The number of nitrogens with one attached hydrogen (secondary N) is 1. The number of halogens is 1. The van der Waals surface area contributed by atoms with Crippen molar-refractivity contribution in [2.45, 2.75) is 13.8 Å². The normalized spacial score (nSPS) is 13.0. The number of carbonyl (C=O) groups excluding carboxylic acids is 1. The molecule has 5 nitrogen and oxygen atoms in total. The van der Waals surface area contributed by atoms with E-state index in [1.807, 2.05) is 0 Å². The fourth-order valence-electron chi connectivity index (χ4n) is 1.64. The van der Waals surface area contributed by atoms with Crippen LogP contribution in [0.25, 0.3) is 0 Å². The number of sulfonamides is 1. The second-order valence-electron chi connectivity index (χ2n) is 4.49. The van der Waals surface area contributed by atoms with Gasteiger partial charge in [0.2, 0.25) is 15.9 Å². The fraction of sp³-hybridized carbons (Fsp3) is 0.417. The number of anilines is 1. The van der Waals surface area contributed by atoms with Crippen LogP contribution in [0.1, 0.15) is 22.8 Å². The van der Waals surface area contributed by atoms with Gasteiger partial charge < -0.3 is 5.73 Å². The van der Waals surface area contributed by atoms with Crippen LogP contribution in [0.4, 0.5) is 5.69 Å². The maximum absolute atomic E-state index is 11.9. The van der Waals surface area contributed by atoms with Crippen LogP contribution in [0.15, 0.2) is 18.2 Å². The lowest BCUT2D eigenvalue weighted by atomic mass is 10.1. The van der Waals surface area contributed by atoms with Crippen molar-refractivity contribution in [3.05, 3.63) is 29.3 Å². The number of amides is 1. The van der Waals surface area contributed by atoms with E-state index in [9.17, 15) is 13.2 Å². The first-order valence-corrected chi connectivity index (χ1v) is 7.91. The van der Waals surface area contributed by atoms with Crippen LogP contribution >= 0.6 is 11.6 Å². The standard InChI is InChI=1S/C12H17ClN2O3S/c1-8(6-13)7-19(17,18)15-11-5-3-4-10(9(11)2)12(14)16/h3-5,8,15H,6-7H2,1-2H3,(H2,14,16). The van der Waals surface area contributed by atoms with Crippen LogP contribution in [0, 0.1) is 12.8 Å². The maximum Gasteiger partial charge on any atom is 0.249 e. The quantitative estimate of drug-likeness (QED) is 0.784. The summed E-state index contributed by atoms with van der Waals surface area (Å²) in [6, 6.07) is 4.72. The minimum atomic E-state index is -3.50. The molecule has 106 valence electrons. The van der Waals surface area contributed by atoms with Gasteiger partial charge in [-0.2, -0.15) is 0 Å². The van der Waals surface area contributed by atoms with E-state index >= 15 is 0 Å². The summed E-state index contributed by atoms with van der Waals surface area (Å²) in [6.45, 7) is 3.39. The number of nitrogens with two attached hydrogens (primary N) is 1. The largest absolute Gasteiger partial charge is 0.366 e. The van der Waals surface area contributed by atoms with E-state index in [0.29, 0.717) is 16.8 Å². The molecule has 0 fully saturated rings. The average molecular weight is 305 g/mol. The lowest BCUT2D eigenvalue weighted by Gasteiger charge is -2.14. The Morgan fingerprint density at radius 2 is 2.11 bits per heavy atom. The van der Waals surface area contributed by atoms with E-state index < -0.39 is 15.9 Å². The Labute approximate surface area is 118 Å². The molecule has 1 amide bonds. The number of benzene rings is 1. The van der Waals surface area contributed by atoms with Crippen molar-refractivity contribution in [2.24, 2.45) is 11.7 Å². The average Bonchev–Trinajstić information content (AvgIpc) is 2.30. The zero-order valence-corrected chi connectivity index (χ0v) is 12.4. The van der Waals surface area contributed by atoms with Crippen LogP contribution in [0.2, 0.25) is 0 Å². The molecule has 1 unspecified atom stereocenters. The number of rotatable bonds is 6. The van der Waals surface area contributed by atoms with Crippen molar-refractivity contribution in [3.8, 4) is 0 Å². The second kappa shape index (κ2) is 6.25. The Hall–Kier alpha value is -1.27. The van der Waals surface area contributed by atoms with Gasteiger partial charge in [0.1, 0.15) is 0 Å². The van der Waals surface area contributed by atoms with E-state index in [-0.39, 0.29) is 17.6 Å². The van der Waals surface area contributed by atoms with Gasteiger partial charge in [0.05, 0.1) is 11.4 Å². The van der Waals surface area contributed by atoms with Crippen LogP contribution in [-0.2, 0) is 10.0 Å². The summed E-state index contributed by atoms with van der Waals surface area (Å²) in [4.78, 5) is 11.2. The summed E-state index contributed by atoms with van der Waals surface area (Å²) < 4.78 is 26.3. The highest BCUT2D eigenvalue weighted by molar-refractivity contribution is 7.92. The van der Waals surface area contributed by atoms with Crippen molar-refractivity contribution in [1.82, 2.24) is 0 Å². The molecule has 1 atom stereocenters. The van der Waals surface area contributed by atoms with Gasteiger partial charge in [-0.25, -0.2) is 8.42 Å². The number of hydrogen-bond donors (Lipinski definition) is 2. The highest BCUT2D eigenvalue weighted by Crippen LogP contribution is 2.20. The number of hydrogen-bond acceptors (Lipinski definition) is 3. The summed E-state index contributed by atoms with van der Waals surface area (Å²) in [5.74, 6) is -0.552. The van der Waals surface area contributed by atoms with Gasteiger partial charge in [-0.15, -0.1) is 11.6 Å². The van der Waals surface area contributed by atoms with Crippen molar-refractivity contribution in [1.29, 1.82) is 0 Å². The molecule has 3 N–H and O–H groups in total. The third-order valence-corrected chi connectivity index (χ3v) is 4.70. The molecule has 0 bridgehead atoms. The molecule has 0 aliphatic rings. The van der Waals surface area contributed by atoms with Crippen molar-refractivity contribution in [2.75, 3.05) is 16.4 Å². The number of carbonyl (C=O) groups is 1. The summed E-state index contributed by atoms with van der Waals surface area (Å²) in [5, 5.41) is 0. The van der Waals surface area contributed by atoms with Crippen molar-refractivity contribution < 1.29 is 13.2 Å². The molecule has 0 aromatic heterocycles. The molecule has 7 heteroatoms. The number of primary amides is 1. The van der Waals surface area contributed by atoms with Gasteiger partial charge in [0, 0.05) is 11.4 Å². The molecule has 0 aliphatic heterocycles. The van der Waals surface area contributed by atoms with Gasteiger partial charge in [0.25, 0.3) is 0 Å². The molecule has 0 saturated heterocycles. The smallest absolute Gasteiger partial charge is 0.249 e. The van der Waals surface area contributed by atoms with Crippen LogP contribution in [0.5, 0.6) is 0 Å². The minimum absolute atomic E-state index is 0.0727. The minimum Gasteiger partial charge on any atom is -0.366 e. The Kier molecular flexibility index (Phi) is 5.20. The molecule has 1 aromatic carbocycles. The molecule has 0 radical (unpaired) electrons. The second-order valence-corrected chi connectivity index (χ2v) is 6.56. The van der Waals surface area contributed by atoms with Gasteiger partial charge in [-0.1, -0.05) is 13.0 Å². The van der Waals surface area contributed by atoms with Crippen LogP contribution < -0.4 is 10.5 Å². The van der Waals surface area contributed by atoms with E-state index in [0.717, 1.165) is 0 Å². The summed E-state index contributed by atoms with van der Waals surface area (Å²) in [7, 11) is -3.50. The Morgan fingerprint density at radius 3 is 2.63 bits per heavy atom. The molecular formula is C12H17ClN2O3S. The summed E-state index contributed by atoms with van der Waals surface area (Å²) in [6.07, 6.45) is 0. The molecule has 19 heavy (non-hydrogen) atoms. The zero-order chi connectivity index (χ0) is 14.6. The lowest BCUT2D eigenvalue weighted by molar-refractivity contribution is 0.0999. The Morgan fingerprint density at radius 1 is 1.47 bits per heavy atom. The molecule has 0 saturated carbocycles. The van der Waals surface area contributed by atoms with Crippen molar-refractivity contribution >= 4 is 33.2 Å². The van der Waals surface area contributed by atoms with E-state index in [1.54, 1.807) is 32.0 Å². The molecule has 0 spiro atoms. The molecule has 1 rings (SSSR count). The monoisotopic (exact) mass is 304 g/mol. The van der Waals surface area contributed by atoms with Crippen molar-refractivity contribution in [3.63, 3.8) is 0 Å². The highest BCUT2D eigenvalue weighted by atomic mass is 35.5. The topological polar surface area (TPSA) is 89.3 Å². The van der Waals surface area contributed by atoms with Gasteiger partial charge >= 0.3 is 0 Å². The third-order valence-electron chi connectivity index (χ3n) is 2.63. The van der Waals surface area contributed by atoms with E-state index in [2.05, 4.69) is 4.72 Å². The Bertz CT molecular complexity index is 572. The highest BCUT2D eigenvalue weighted by Gasteiger charge is 2.17. The first-order chi connectivity index (χ1) is 8.76. The van der Waals surface area contributed by atoms with Gasteiger partial charge in [-0.3, -0.25) is 9.52 Å². The van der Waals surface area contributed by atoms with Gasteiger partial charge in [-0.05, 0) is 30.5 Å². The molecular weight excluding hydrogens is 288 g/mol. The van der Waals surface area contributed by atoms with Crippen LogP contribution in [-0.4, -0.2) is 26.0 Å². The van der Waals surface area contributed by atoms with Gasteiger partial charge in [0.15, 0.2) is 0 Å². The van der Waals surface area contributed by atoms with E-state index in [4.69, 9.17) is 17.3 Å². The molecule has 0 heterocycles. The first kappa shape index (κ1) is 15.8.